The maximum atomic E-state index is 14.0. The number of anilines is 1. The maximum Gasteiger partial charge on any atom is 0.238 e. The zero-order valence-electron chi connectivity index (χ0n) is 22.6. The van der Waals surface area contributed by atoms with Crippen LogP contribution < -0.4 is 9.64 Å². The molecule has 2 aromatic rings. The summed E-state index contributed by atoms with van der Waals surface area (Å²) in [5, 5.41) is 11.4. The molecule has 5 heteroatoms. The SMILES string of the molecule is COc1ccc2c(c1)CC[C@@H]1C2=C(C[C@]23CC[C@H](C[C@H]2O)C3(C)C)C[C@@H]2C(=O)N(c3ccccc3)C(=O)[C@@H]21. The van der Waals surface area contributed by atoms with E-state index in [0.29, 0.717) is 18.0 Å². The first-order chi connectivity index (χ1) is 18.3. The first kappa shape index (κ1) is 24.1. The molecule has 5 aliphatic rings. The van der Waals surface area contributed by atoms with Gasteiger partial charge in [0.1, 0.15) is 5.75 Å². The lowest BCUT2D eigenvalue weighted by molar-refractivity contribution is -0.122. The fourth-order valence-electron chi connectivity index (χ4n) is 9.26. The van der Waals surface area contributed by atoms with E-state index in [-0.39, 0.29) is 46.5 Å². The Morgan fingerprint density at radius 2 is 1.82 bits per heavy atom. The van der Waals surface area contributed by atoms with Crippen molar-refractivity contribution in [2.45, 2.75) is 64.9 Å². The molecular formula is C33H37NO4. The molecule has 2 amide bonds. The molecule has 0 unspecified atom stereocenters. The topological polar surface area (TPSA) is 66.8 Å². The van der Waals surface area contributed by atoms with E-state index in [4.69, 9.17) is 4.74 Å². The Morgan fingerprint density at radius 1 is 1.03 bits per heavy atom. The van der Waals surface area contributed by atoms with E-state index in [1.54, 1.807) is 7.11 Å². The van der Waals surface area contributed by atoms with Gasteiger partial charge in [-0.15, -0.1) is 0 Å². The predicted molar refractivity (Wildman–Crippen MR) is 146 cm³/mol. The molecule has 2 bridgehead atoms. The smallest absolute Gasteiger partial charge is 0.238 e. The number of hydrogen-bond donors (Lipinski definition) is 1. The second-order valence-corrected chi connectivity index (χ2v) is 12.9. The Balaban J connectivity index is 1.37. The molecular weight excluding hydrogens is 474 g/mol. The molecule has 0 aromatic heterocycles. The number of allylic oxidation sites excluding steroid dienone is 2. The second kappa shape index (κ2) is 8.29. The van der Waals surface area contributed by atoms with Crippen LogP contribution >= 0.6 is 0 Å². The van der Waals surface area contributed by atoms with Crippen LogP contribution in [0.5, 0.6) is 5.75 Å². The molecule has 5 nitrogen and oxygen atoms in total. The second-order valence-electron chi connectivity index (χ2n) is 12.9. The van der Waals surface area contributed by atoms with Gasteiger partial charge in [-0.25, -0.2) is 0 Å². The molecule has 1 aliphatic heterocycles. The number of hydrogen-bond acceptors (Lipinski definition) is 4. The lowest BCUT2D eigenvalue weighted by Gasteiger charge is -2.45. The van der Waals surface area contributed by atoms with E-state index < -0.39 is 0 Å². The highest BCUT2D eigenvalue weighted by molar-refractivity contribution is 6.23. The largest absolute Gasteiger partial charge is 0.497 e. The number of ether oxygens (including phenoxy) is 1. The third-order valence-electron chi connectivity index (χ3n) is 11.4. The van der Waals surface area contributed by atoms with Crippen molar-refractivity contribution in [1.82, 2.24) is 0 Å². The maximum absolute atomic E-state index is 14.0. The van der Waals surface area contributed by atoms with Crippen LogP contribution in [0.2, 0.25) is 0 Å². The molecule has 0 radical (unpaired) electrons. The highest BCUT2D eigenvalue weighted by atomic mass is 16.5. The van der Waals surface area contributed by atoms with E-state index in [2.05, 4.69) is 26.0 Å². The van der Waals surface area contributed by atoms with Crippen molar-refractivity contribution in [1.29, 1.82) is 0 Å². The Bertz CT molecular complexity index is 1360. The van der Waals surface area contributed by atoms with Gasteiger partial charge in [0, 0.05) is 5.41 Å². The lowest BCUT2D eigenvalue weighted by Crippen LogP contribution is -2.41. The van der Waals surface area contributed by atoms with Gasteiger partial charge in [0.05, 0.1) is 30.7 Å². The highest BCUT2D eigenvalue weighted by Gasteiger charge is 2.64. The highest BCUT2D eigenvalue weighted by Crippen LogP contribution is 2.69. The average Bonchev–Trinajstić information content (AvgIpc) is 3.39. The molecule has 1 N–H and O–H groups in total. The van der Waals surface area contributed by atoms with Crippen molar-refractivity contribution in [3.63, 3.8) is 0 Å². The van der Waals surface area contributed by atoms with Crippen LogP contribution in [-0.4, -0.2) is 30.1 Å². The molecule has 0 spiro atoms. The molecule has 38 heavy (non-hydrogen) atoms. The number of aliphatic hydroxyl groups is 1. The third-order valence-corrected chi connectivity index (χ3v) is 11.4. The number of carbonyl (C=O) groups excluding carboxylic acids is 2. The monoisotopic (exact) mass is 511 g/mol. The minimum atomic E-state index is -0.332. The van der Waals surface area contributed by atoms with Gasteiger partial charge in [0.2, 0.25) is 11.8 Å². The molecule has 1 heterocycles. The fraction of sp³-hybridized carbons (Fsp3) is 0.515. The first-order valence-electron chi connectivity index (χ1n) is 14.3. The first-order valence-corrected chi connectivity index (χ1v) is 14.3. The number of carbonyl (C=O) groups is 2. The van der Waals surface area contributed by atoms with Gasteiger partial charge < -0.3 is 9.84 Å². The van der Waals surface area contributed by atoms with Gasteiger partial charge in [-0.05, 0) is 103 Å². The summed E-state index contributed by atoms with van der Waals surface area (Å²) in [5.41, 5.74) is 5.60. The van der Waals surface area contributed by atoms with Crippen molar-refractivity contribution in [3.05, 3.63) is 65.2 Å². The van der Waals surface area contributed by atoms with Crippen LogP contribution in [0.15, 0.2) is 54.1 Å². The van der Waals surface area contributed by atoms with Crippen molar-refractivity contribution in [2.75, 3.05) is 12.0 Å². The zero-order chi connectivity index (χ0) is 26.4. The zero-order valence-corrected chi connectivity index (χ0v) is 22.6. The third kappa shape index (κ3) is 3.08. The molecule has 1 saturated heterocycles. The summed E-state index contributed by atoms with van der Waals surface area (Å²) in [4.78, 5) is 29.3. The normalized spacial score (nSPS) is 34.8. The summed E-state index contributed by atoms with van der Waals surface area (Å²) in [6.07, 6.45) is 5.87. The Hall–Kier alpha value is -2.92. The van der Waals surface area contributed by atoms with Crippen molar-refractivity contribution in [3.8, 4) is 5.75 Å². The number of benzene rings is 2. The predicted octanol–water partition coefficient (Wildman–Crippen LogP) is 5.80. The minimum absolute atomic E-state index is 0.0186. The minimum Gasteiger partial charge on any atom is -0.497 e. The van der Waals surface area contributed by atoms with Crippen molar-refractivity contribution >= 4 is 23.1 Å². The molecule has 2 aromatic carbocycles. The quantitative estimate of drug-likeness (QED) is 0.527. The van der Waals surface area contributed by atoms with Gasteiger partial charge in [0.15, 0.2) is 0 Å². The number of imide groups is 1. The Kier molecular flexibility index (Phi) is 5.27. The lowest BCUT2D eigenvalue weighted by atomic mass is 9.58. The van der Waals surface area contributed by atoms with E-state index in [0.717, 1.165) is 44.3 Å². The van der Waals surface area contributed by atoms with Crippen molar-refractivity contribution < 1.29 is 19.4 Å². The van der Waals surface area contributed by atoms with Gasteiger partial charge in [-0.3, -0.25) is 14.5 Å². The van der Waals surface area contributed by atoms with E-state index in [1.807, 2.05) is 36.4 Å². The van der Waals surface area contributed by atoms with Crippen LogP contribution in [0.1, 0.15) is 63.5 Å². The van der Waals surface area contributed by atoms with Crippen LogP contribution in [0.4, 0.5) is 5.69 Å². The number of para-hydroxylation sites is 1. The van der Waals surface area contributed by atoms with Crippen molar-refractivity contribution in [2.24, 2.45) is 34.5 Å². The van der Waals surface area contributed by atoms with E-state index in [1.165, 1.54) is 27.2 Å². The number of fused-ring (bicyclic) bond motifs is 7. The van der Waals surface area contributed by atoms with E-state index in [9.17, 15) is 14.7 Å². The van der Waals surface area contributed by atoms with Gasteiger partial charge in [0.25, 0.3) is 0 Å². The number of rotatable bonds is 4. The summed E-state index contributed by atoms with van der Waals surface area (Å²) in [7, 11) is 1.70. The average molecular weight is 512 g/mol. The van der Waals surface area contributed by atoms with Gasteiger partial charge in [-0.2, -0.15) is 0 Å². The fourth-order valence-corrected chi connectivity index (χ4v) is 9.26. The molecule has 6 atom stereocenters. The number of methoxy groups -OCH3 is 1. The standard InChI is InChI=1S/C33H37NO4/c1-32(2)21-13-14-33(32,27(35)17-21)18-20-16-26-29(31(37)34(30(26)36)22-7-5-4-6-8-22)25-11-9-19-15-23(38-3)10-12-24(19)28(20)25/h4-8,10,12,15,21,25-27,29,35H,9,11,13-14,16-18H2,1-3H3/t21-,25-,26+,27-,29-,33-/m1/s1. The number of aryl methyl sites for hydroxylation is 1. The number of amides is 2. The summed E-state index contributed by atoms with van der Waals surface area (Å²) in [5.74, 6) is 0.645. The summed E-state index contributed by atoms with van der Waals surface area (Å²) < 4.78 is 5.54. The number of aliphatic hydroxyl groups excluding tert-OH is 1. The van der Waals surface area contributed by atoms with Crippen LogP contribution in [0.3, 0.4) is 0 Å². The Morgan fingerprint density at radius 3 is 2.50 bits per heavy atom. The summed E-state index contributed by atoms with van der Waals surface area (Å²) >= 11 is 0. The Labute approximate surface area is 224 Å². The number of nitrogens with zero attached hydrogens (tertiary/aromatic N) is 1. The molecule has 7 rings (SSSR count). The molecule has 3 fully saturated rings. The van der Waals surface area contributed by atoms with Crippen LogP contribution in [0, 0.1) is 34.5 Å². The summed E-state index contributed by atoms with van der Waals surface area (Å²) in [6, 6.07) is 15.7. The van der Waals surface area contributed by atoms with Crippen LogP contribution in [-0.2, 0) is 16.0 Å². The van der Waals surface area contributed by atoms with Gasteiger partial charge >= 0.3 is 0 Å². The van der Waals surface area contributed by atoms with Crippen LogP contribution in [0.25, 0.3) is 5.57 Å². The molecule has 198 valence electrons. The summed E-state index contributed by atoms with van der Waals surface area (Å²) in [6.45, 7) is 4.69. The van der Waals surface area contributed by atoms with Gasteiger partial charge in [-0.1, -0.05) is 43.7 Å². The molecule has 2 saturated carbocycles. The van der Waals surface area contributed by atoms with E-state index >= 15 is 0 Å². The molecule has 4 aliphatic carbocycles.